The summed E-state index contributed by atoms with van der Waals surface area (Å²) < 4.78 is 43.3. The Balaban J connectivity index is 1.58. The Morgan fingerprint density at radius 1 is 1.07 bits per heavy atom. The number of ether oxygens (including phenoxy) is 2. The smallest absolute Gasteiger partial charge is 0.339 e. The van der Waals surface area contributed by atoms with Gasteiger partial charge < -0.3 is 13.7 Å². The summed E-state index contributed by atoms with van der Waals surface area (Å²) in [6.07, 6.45) is 1.64. The van der Waals surface area contributed by atoms with Crippen LogP contribution in [-0.2, 0) is 19.6 Å². The standard InChI is InChI=1S/C30H25ClN2O7S2/c1-4-39-29(35)26-18(2)32-30-33(27(26)20-11-13-21(31)14-12-20)28(34)25(41-30)17-19-10-15-23(24(16-19)38-3)40-42(36,37)22-8-6-5-7-9-22/h5-17,27H,4H2,1-3H3/t27-/m1/s1. The van der Waals surface area contributed by atoms with Crippen LogP contribution in [0.2, 0.25) is 5.02 Å². The van der Waals surface area contributed by atoms with Gasteiger partial charge in [0.15, 0.2) is 16.3 Å². The highest BCUT2D eigenvalue weighted by Gasteiger charge is 2.33. The van der Waals surface area contributed by atoms with Gasteiger partial charge in [0.25, 0.3) is 5.56 Å². The van der Waals surface area contributed by atoms with Crippen LogP contribution in [-0.4, -0.2) is 32.7 Å². The first-order chi connectivity index (χ1) is 20.1. The minimum absolute atomic E-state index is 0.00240. The molecule has 1 aliphatic heterocycles. The van der Waals surface area contributed by atoms with Crippen LogP contribution in [0.4, 0.5) is 0 Å². The summed E-state index contributed by atoms with van der Waals surface area (Å²) in [5.74, 6) is -0.397. The van der Waals surface area contributed by atoms with Gasteiger partial charge in [0.05, 0.1) is 35.6 Å². The Hall–Kier alpha value is -4.19. The van der Waals surface area contributed by atoms with Crippen molar-refractivity contribution in [2.75, 3.05) is 13.7 Å². The Morgan fingerprint density at radius 3 is 2.45 bits per heavy atom. The first-order valence-electron chi connectivity index (χ1n) is 12.8. The molecule has 5 rings (SSSR count). The predicted molar refractivity (Wildman–Crippen MR) is 159 cm³/mol. The molecule has 0 spiro atoms. The molecular weight excluding hydrogens is 600 g/mol. The first-order valence-corrected chi connectivity index (χ1v) is 15.4. The highest BCUT2D eigenvalue weighted by Crippen LogP contribution is 2.32. The van der Waals surface area contributed by atoms with Crippen molar-refractivity contribution in [1.82, 2.24) is 4.57 Å². The lowest BCUT2D eigenvalue weighted by atomic mass is 9.96. The molecule has 9 nitrogen and oxygen atoms in total. The van der Waals surface area contributed by atoms with Gasteiger partial charge in [-0.2, -0.15) is 8.42 Å². The quantitative estimate of drug-likeness (QED) is 0.213. The molecule has 216 valence electrons. The van der Waals surface area contributed by atoms with Gasteiger partial charge in [0.2, 0.25) is 0 Å². The van der Waals surface area contributed by atoms with E-state index in [1.54, 1.807) is 74.5 Å². The number of esters is 1. The number of hydrogen-bond acceptors (Lipinski definition) is 9. The van der Waals surface area contributed by atoms with Crippen LogP contribution in [0.5, 0.6) is 11.5 Å². The van der Waals surface area contributed by atoms with Crippen molar-refractivity contribution in [3.63, 3.8) is 0 Å². The fourth-order valence-electron chi connectivity index (χ4n) is 4.50. The number of nitrogens with zero attached hydrogens (tertiary/aromatic N) is 2. The van der Waals surface area contributed by atoms with Gasteiger partial charge >= 0.3 is 16.1 Å². The Morgan fingerprint density at radius 2 is 1.79 bits per heavy atom. The summed E-state index contributed by atoms with van der Waals surface area (Å²) in [4.78, 5) is 31.8. The van der Waals surface area contributed by atoms with E-state index < -0.39 is 22.1 Å². The van der Waals surface area contributed by atoms with Crippen molar-refractivity contribution >= 4 is 45.1 Å². The topological polar surface area (TPSA) is 113 Å². The number of methoxy groups -OCH3 is 1. The van der Waals surface area contributed by atoms with Crippen molar-refractivity contribution in [2.45, 2.75) is 24.8 Å². The van der Waals surface area contributed by atoms with E-state index >= 15 is 0 Å². The zero-order valence-electron chi connectivity index (χ0n) is 22.7. The number of allylic oxidation sites excluding steroid dienone is 1. The molecular formula is C30H25ClN2O7S2. The molecule has 0 radical (unpaired) electrons. The van der Waals surface area contributed by atoms with Gasteiger partial charge in [0, 0.05) is 5.02 Å². The third-order valence-electron chi connectivity index (χ3n) is 6.42. The molecule has 1 aromatic heterocycles. The normalized spacial score (nSPS) is 15.1. The number of thiazole rings is 1. The van der Waals surface area contributed by atoms with Gasteiger partial charge in [-0.1, -0.05) is 59.3 Å². The first kappa shape index (κ1) is 29.3. The number of hydrogen-bond donors (Lipinski definition) is 0. The van der Waals surface area contributed by atoms with Crippen molar-refractivity contribution in [3.05, 3.63) is 120 Å². The maximum Gasteiger partial charge on any atom is 0.339 e. The number of fused-ring (bicyclic) bond motifs is 1. The van der Waals surface area contributed by atoms with Crippen molar-refractivity contribution < 1.29 is 26.9 Å². The fraction of sp³-hybridized carbons (Fsp3) is 0.167. The van der Waals surface area contributed by atoms with Crippen molar-refractivity contribution in [3.8, 4) is 11.5 Å². The average Bonchev–Trinajstić information content (AvgIpc) is 3.27. The zero-order chi connectivity index (χ0) is 30.0. The number of carbonyl (C=O) groups is 1. The number of carbonyl (C=O) groups excluding carboxylic acids is 1. The van der Waals surface area contributed by atoms with E-state index in [9.17, 15) is 18.0 Å². The molecule has 0 N–H and O–H groups in total. The highest BCUT2D eigenvalue weighted by molar-refractivity contribution is 7.87. The SMILES string of the molecule is CCOC(=O)C1=C(C)N=c2sc(=Cc3ccc(OS(=O)(=O)c4ccccc4)c(OC)c3)c(=O)n2[C@@H]1c1ccc(Cl)cc1. The van der Waals surface area contributed by atoms with Crippen LogP contribution in [0, 0.1) is 0 Å². The van der Waals surface area contributed by atoms with Crippen LogP contribution in [0.3, 0.4) is 0 Å². The van der Waals surface area contributed by atoms with Crippen LogP contribution < -0.4 is 23.8 Å². The van der Waals surface area contributed by atoms with Crippen LogP contribution >= 0.6 is 22.9 Å². The number of rotatable bonds is 8. The molecule has 1 atom stereocenters. The summed E-state index contributed by atoms with van der Waals surface area (Å²) in [7, 11) is -2.70. The van der Waals surface area contributed by atoms with Crippen LogP contribution in [0.1, 0.15) is 31.0 Å². The van der Waals surface area contributed by atoms with E-state index in [4.69, 9.17) is 25.3 Å². The predicted octanol–water partition coefficient (Wildman–Crippen LogP) is 4.23. The van der Waals surface area contributed by atoms with E-state index in [1.807, 2.05) is 0 Å². The van der Waals surface area contributed by atoms with Crippen molar-refractivity contribution in [2.24, 2.45) is 4.99 Å². The molecule has 0 aliphatic carbocycles. The molecule has 0 saturated heterocycles. The largest absolute Gasteiger partial charge is 0.493 e. The lowest BCUT2D eigenvalue weighted by Crippen LogP contribution is -2.39. The molecule has 0 unspecified atom stereocenters. The van der Waals surface area contributed by atoms with E-state index in [2.05, 4.69) is 4.99 Å². The summed E-state index contributed by atoms with van der Waals surface area (Å²) in [5, 5.41) is 0.516. The second kappa shape index (κ2) is 12.0. The van der Waals surface area contributed by atoms with Gasteiger partial charge in [0.1, 0.15) is 4.90 Å². The fourth-order valence-corrected chi connectivity index (χ4v) is 6.63. The monoisotopic (exact) mass is 624 g/mol. The van der Waals surface area contributed by atoms with Gasteiger partial charge in [-0.3, -0.25) is 9.36 Å². The Labute approximate surface area is 250 Å². The van der Waals surface area contributed by atoms with Crippen LogP contribution in [0.25, 0.3) is 6.08 Å². The van der Waals surface area contributed by atoms with E-state index in [1.165, 1.54) is 29.9 Å². The molecule has 0 saturated carbocycles. The molecule has 2 heterocycles. The third kappa shape index (κ3) is 5.76. The molecule has 0 fully saturated rings. The molecule has 1 aliphatic rings. The highest BCUT2D eigenvalue weighted by atomic mass is 35.5. The summed E-state index contributed by atoms with van der Waals surface area (Å²) in [6, 6.07) is 18.5. The molecule has 4 aromatic rings. The lowest BCUT2D eigenvalue weighted by Gasteiger charge is -2.24. The van der Waals surface area contributed by atoms with Gasteiger partial charge in [-0.25, -0.2) is 9.79 Å². The third-order valence-corrected chi connectivity index (χ3v) is 8.90. The summed E-state index contributed by atoms with van der Waals surface area (Å²) in [5.41, 5.74) is 1.59. The summed E-state index contributed by atoms with van der Waals surface area (Å²) >= 11 is 7.27. The Bertz CT molecular complexity index is 1980. The van der Waals surface area contributed by atoms with E-state index in [0.717, 1.165) is 11.3 Å². The maximum absolute atomic E-state index is 13.8. The minimum Gasteiger partial charge on any atom is -0.493 e. The second-order valence-corrected chi connectivity index (χ2v) is 12.1. The molecule has 42 heavy (non-hydrogen) atoms. The number of aromatic nitrogens is 1. The average molecular weight is 625 g/mol. The zero-order valence-corrected chi connectivity index (χ0v) is 25.1. The molecule has 0 bridgehead atoms. The summed E-state index contributed by atoms with van der Waals surface area (Å²) in [6.45, 7) is 3.59. The molecule has 12 heteroatoms. The minimum atomic E-state index is -4.09. The number of halogens is 1. The van der Waals surface area contributed by atoms with Crippen LogP contribution in [0.15, 0.2) is 98.7 Å². The van der Waals surface area contributed by atoms with Crippen molar-refractivity contribution in [1.29, 1.82) is 0 Å². The lowest BCUT2D eigenvalue weighted by molar-refractivity contribution is -0.139. The number of benzene rings is 3. The van der Waals surface area contributed by atoms with E-state index in [0.29, 0.717) is 31.2 Å². The maximum atomic E-state index is 13.8. The van der Waals surface area contributed by atoms with E-state index in [-0.39, 0.29) is 34.1 Å². The second-order valence-electron chi connectivity index (χ2n) is 9.11. The Kier molecular flexibility index (Phi) is 8.35. The molecule has 0 amide bonds. The molecule has 3 aromatic carbocycles. The van der Waals surface area contributed by atoms with Gasteiger partial charge in [-0.05, 0) is 67.4 Å². The van der Waals surface area contributed by atoms with Gasteiger partial charge in [-0.15, -0.1) is 0 Å².